The number of amides is 1. The van der Waals surface area contributed by atoms with Crippen molar-refractivity contribution in [3.8, 4) is 5.75 Å². The summed E-state index contributed by atoms with van der Waals surface area (Å²) in [7, 11) is 0. The Labute approximate surface area is 160 Å². The van der Waals surface area contributed by atoms with Crippen molar-refractivity contribution in [1.29, 1.82) is 0 Å². The predicted molar refractivity (Wildman–Crippen MR) is 107 cm³/mol. The van der Waals surface area contributed by atoms with E-state index < -0.39 is 11.7 Å². The molecule has 2 aromatic rings. The quantitative estimate of drug-likeness (QED) is 0.604. The fourth-order valence-electron chi connectivity index (χ4n) is 2.24. The van der Waals surface area contributed by atoms with Crippen molar-refractivity contribution in [2.75, 3.05) is 11.4 Å². The second-order valence-corrected chi connectivity index (χ2v) is 7.56. The molecule has 0 fully saturated rings. The fourth-order valence-corrected chi connectivity index (χ4v) is 3.23. The maximum Gasteiger partial charge on any atom is 0.415 e. The lowest BCUT2D eigenvalue weighted by molar-refractivity contribution is 0.0584. The van der Waals surface area contributed by atoms with Crippen LogP contribution in [-0.4, -0.2) is 23.3 Å². The van der Waals surface area contributed by atoms with Gasteiger partial charge in [0, 0.05) is 32.5 Å². The van der Waals surface area contributed by atoms with Gasteiger partial charge in [0.2, 0.25) is 0 Å². The lowest BCUT2D eigenvalue weighted by Gasteiger charge is -2.28. The minimum Gasteiger partial charge on any atom is -0.507 e. The molecule has 0 radical (unpaired) electrons. The van der Waals surface area contributed by atoms with Crippen molar-refractivity contribution in [3.63, 3.8) is 0 Å². The number of rotatable bonds is 3. The monoisotopic (exact) mass is 459 g/mol. The van der Waals surface area contributed by atoms with Gasteiger partial charge in [-0.25, -0.2) is 4.79 Å². The molecule has 4 nitrogen and oxygen atoms in total. The average Bonchev–Trinajstić information content (AvgIpc) is 2.50. The molecule has 0 heterocycles. The highest BCUT2D eigenvalue weighted by molar-refractivity contribution is 14.1. The van der Waals surface area contributed by atoms with Crippen LogP contribution >= 0.6 is 34.2 Å². The highest BCUT2D eigenvalue weighted by atomic mass is 127. The number of fused-ring (bicyclic) bond motifs is 1. The summed E-state index contributed by atoms with van der Waals surface area (Å²) in [6, 6.07) is 9.08. The van der Waals surface area contributed by atoms with E-state index in [9.17, 15) is 9.90 Å². The highest BCUT2D eigenvalue weighted by Crippen LogP contribution is 2.37. The van der Waals surface area contributed by atoms with Gasteiger partial charge in [0.1, 0.15) is 11.4 Å². The molecule has 0 bridgehead atoms. The van der Waals surface area contributed by atoms with Gasteiger partial charge in [-0.2, -0.15) is 0 Å². The Balaban J connectivity index is 2.55. The van der Waals surface area contributed by atoms with Crippen molar-refractivity contribution in [1.82, 2.24) is 0 Å². The van der Waals surface area contributed by atoms with Crippen LogP contribution in [0.1, 0.15) is 20.8 Å². The summed E-state index contributed by atoms with van der Waals surface area (Å²) >= 11 is 7.80. The Kier molecular flexibility index (Phi) is 5.98. The average molecular weight is 460 g/mol. The second-order valence-electron chi connectivity index (χ2n) is 6.23. The van der Waals surface area contributed by atoms with Gasteiger partial charge in [0.25, 0.3) is 0 Å². The summed E-state index contributed by atoms with van der Waals surface area (Å²) in [6.07, 6.45) is 1.15. The largest absolute Gasteiger partial charge is 0.507 e. The molecule has 1 N–H and O–H groups in total. The van der Waals surface area contributed by atoms with Crippen LogP contribution in [0.25, 0.3) is 10.8 Å². The van der Waals surface area contributed by atoms with Crippen LogP contribution in [0.2, 0.25) is 0 Å². The van der Waals surface area contributed by atoms with Crippen molar-refractivity contribution in [2.45, 2.75) is 26.4 Å². The first-order chi connectivity index (χ1) is 11.2. The van der Waals surface area contributed by atoms with Crippen molar-refractivity contribution >= 4 is 56.7 Å². The normalized spacial score (nSPS) is 11.9. The summed E-state index contributed by atoms with van der Waals surface area (Å²) in [5.41, 5.74) is 1.31. The maximum absolute atomic E-state index is 12.6. The van der Waals surface area contributed by atoms with Crippen LogP contribution in [-0.2, 0) is 4.74 Å². The van der Waals surface area contributed by atoms with Gasteiger partial charge in [-0.05, 0) is 43.4 Å². The number of carbonyl (C=O) groups is 1. The molecule has 0 aliphatic carbocycles. The smallest absolute Gasteiger partial charge is 0.415 e. The molecule has 0 atom stereocenters. The Hall–Kier alpha value is -1.47. The SMILES string of the molecule is CC(C)(C)OC(=O)N(CC=CCl)c1cc(O)c2ccccc2c1I. The molecule has 2 aromatic carbocycles. The van der Waals surface area contributed by atoms with E-state index >= 15 is 0 Å². The van der Waals surface area contributed by atoms with Crippen LogP contribution in [0, 0.1) is 3.57 Å². The second kappa shape index (κ2) is 7.61. The molecular weight excluding hydrogens is 441 g/mol. The number of phenols is 1. The number of hydrogen-bond donors (Lipinski definition) is 1. The number of benzene rings is 2. The molecule has 24 heavy (non-hydrogen) atoms. The zero-order valence-corrected chi connectivity index (χ0v) is 16.6. The van der Waals surface area contributed by atoms with Crippen LogP contribution in [0.5, 0.6) is 5.75 Å². The van der Waals surface area contributed by atoms with Crippen molar-refractivity contribution < 1.29 is 14.6 Å². The third-order valence-corrected chi connectivity index (χ3v) is 4.53. The molecule has 0 saturated carbocycles. The van der Waals surface area contributed by atoms with E-state index in [4.69, 9.17) is 16.3 Å². The van der Waals surface area contributed by atoms with Gasteiger partial charge >= 0.3 is 6.09 Å². The summed E-state index contributed by atoms with van der Waals surface area (Å²) in [4.78, 5) is 14.1. The maximum atomic E-state index is 12.6. The Morgan fingerprint density at radius 3 is 2.54 bits per heavy atom. The van der Waals surface area contributed by atoms with Crippen LogP contribution < -0.4 is 4.90 Å². The number of hydrogen-bond acceptors (Lipinski definition) is 3. The number of carbonyl (C=O) groups excluding carboxylic acids is 1. The topological polar surface area (TPSA) is 49.8 Å². The number of aromatic hydroxyl groups is 1. The van der Waals surface area contributed by atoms with Gasteiger partial charge in [-0.3, -0.25) is 4.90 Å². The zero-order valence-electron chi connectivity index (χ0n) is 13.7. The van der Waals surface area contributed by atoms with E-state index in [2.05, 4.69) is 22.6 Å². The molecular formula is C18H19ClINO3. The van der Waals surface area contributed by atoms with E-state index in [1.165, 1.54) is 10.4 Å². The molecule has 0 aliphatic rings. The van der Waals surface area contributed by atoms with E-state index in [0.29, 0.717) is 5.69 Å². The molecule has 0 saturated heterocycles. The number of nitrogens with zero attached hydrogens (tertiary/aromatic N) is 1. The first kappa shape index (κ1) is 18.9. The van der Waals surface area contributed by atoms with Gasteiger partial charge in [0.05, 0.1) is 5.69 Å². The Morgan fingerprint density at radius 1 is 1.33 bits per heavy atom. The summed E-state index contributed by atoms with van der Waals surface area (Å²) in [6.45, 7) is 5.67. The molecule has 0 unspecified atom stereocenters. The molecule has 128 valence electrons. The number of anilines is 1. The lowest BCUT2D eigenvalue weighted by Crippen LogP contribution is -2.37. The predicted octanol–water partition coefficient (Wildman–Crippen LogP) is 5.64. The summed E-state index contributed by atoms with van der Waals surface area (Å²) in [5.74, 6) is 0.115. The van der Waals surface area contributed by atoms with Gasteiger partial charge in [-0.1, -0.05) is 41.9 Å². The van der Waals surface area contributed by atoms with Crippen molar-refractivity contribution in [3.05, 3.63) is 45.5 Å². The van der Waals surface area contributed by atoms with Crippen LogP contribution in [0.3, 0.4) is 0 Å². The third kappa shape index (κ3) is 4.33. The lowest BCUT2D eigenvalue weighted by atomic mass is 10.1. The Morgan fingerprint density at radius 2 is 1.96 bits per heavy atom. The minimum absolute atomic E-state index is 0.115. The van der Waals surface area contributed by atoms with Gasteiger partial charge in [0.15, 0.2) is 0 Å². The first-order valence-corrected chi connectivity index (χ1v) is 8.92. The van der Waals surface area contributed by atoms with Crippen molar-refractivity contribution in [2.24, 2.45) is 0 Å². The van der Waals surface area contributed by atoms with Crippen LogP contribution in [0.4, 0.5) is 10.5 Å². The standard InChI is InChI=1S/C18H19ClINO3/c1-18(2,3)24-17(23)21(10-6-9-19)14-11-15(22)12-7-4-5-8-13(12)16(14)20/h4-9,11,22H,10H2,1-3H3. The zero-order chi connectivity index (χ0) is 17.9. The van der Waals surface area contributed by atoms with E-state index in [-0.39, 0.29) is 12.3 Å². The molecule has 1 amide bonds. The van der Waals surface area contributed by atoms with E-state index in [1.807, 2.05) is 45.0 Å². The third-order valence-electron chi connectivity index (χ3n) is 3.22. The summed E-state index contributed by atoms with van der Waals surface area (Å²) < 4.78 is 6.34. The highest BCUT2D eigenvalue weighted by Gasteiger charge is 2.25. The van der Waals surface area contributed by atoms with Gasteiger partial charge in [-0.15, -0.1) is 0 Å². The molecule has 0 spiro atoms. The van der Waals surface area contributed by atoms with E-state index in [1.54, 1.807) is 12.1 Å². The van der Waals surface area contributed by atoms with Gasteiger partial charge < -0.3 is 9.84 Å². The van der Waals surface area contributed by atoms with Crippen LogP contribution in [0.15, 0.2) is 41.9 Å². The molecule has 6 heteroatoms. The fraction of sp³-hybridized carbons (Fsp3) is 0.278. The number of halogens is 2. The minimum atomic E-state index is -0.621. The summed E-state index contributed by atoms with van der Waals surface area (Å²) in [5, 5.41) is 11.9. The molecule has 2 rings (SSSR count). The first-order valence-electron chi connectivity index (χ1n) is 7.40. The Bertz CT molecular complexity index is 784. The number of ether oxygens (including phenoxy) is 1. The molecule has 0 aromatic heterocycles. The molecule has 0 aliphatic heterocycles. The number of phenolic OH excluding ortho intramolecular Hbond substituents is 1. The van der Waals surface area contributed by atoms with E-state index in [0.717, 1.165) is 14.3 Å².